The summed E-state index contributed by atoms with van der Waals surface area (Å²) in [5.74, 6) is 5.82. The van der Waals surface area contributed by atoms with Gasteiger partial charge in [0, 0.05) is 46.7 Å². The second kappa shape index (κ2) is 26.0. The normalized spacial score (nSPS) is 19.6. The van der Waals surface area contributed by atoms with E-state index in [0.29, 0.717) is 144 Å². The summed E-state index contributed by atoms with van der Waals surface area (Å²) in [5, 5.41) is 0. The van der Waals surface area contributed by atoms with Gasteiger partial charge in [0.1, 0.15) is 66.4 Å². The van der Waals surface area contributed by atoms with Gasteiger partial charge in [-0.1, -0.05) is 62.3 Å². The largest absolute Gasteiger partial charge is 0.493 e. The average Bonchev–Trinajstić information content (AvgIpc) is 3.33. The molecule has 0 atom stereocenters. The predicted molar refractivity (Wildman–Crippen MR) is 270 cm³/mol. The van der Waals surface area contributed by atoms with Gasteiger partial charge in [0.05, 0.1) is 64.9 Å². The molecule has 3 aromatic rings. The SMILES string of the molecule is CCCOc1cc(OCCC)c(S(OC(=O)C23CC4CC(CC(C4)C2)C3)(c2c(OCCC)cc(OCCC)cc2OCCC)c2c(OCCC)cc(OCCC)cc2OCCC)c(OCCC)c1. The molecule has 12 heteroatoms. The van der Waals surface area contributed by atoms with Gasteiger partial charge in [0.2, 0.25) is 0 Å². The van der Waals surface area contributed by atoms with Crippen LogP contribution in [-0.2, 0) is 8.98 Å². The highest BCUT2D eigenvalue weighted by Gasteiger charge is 2.59. The molecule has 0 unspecified atom stereocenters. The van der Waals surface area contributed by atoms with E-state index in [1.165, 1.54) is 19.3 Å². The van der Waals surface area contributed by atoms with E-state index in [4.69, 9.17) is 46.8 Å². The molecule has 0 heterocycles. The molecule has 0 saturated heterocycles. The molecule has 4 aliphatic rings. The van der Waals surface area contributed by atoms with Gasteiger partial charge in [-0.2, -0.15) is 0 Å². The highest BCUT2D eigenvalue weighted by Crippen LogP contribution is 2.81. The second-order valence-electron chi connectivity index (χ2n) is 19.0. The minimum absolute atomic E-state index is 0.232. The molecule has 4 saturated carbocycles. The molecule has 0 radical (unpaired) electrons. The standard InChI is InChI=1S/C56H84O11S/c1-10-19-58-43-31-46(61-22-13-4)52(47(32-43)62-23-14-5)68(67-55(57)56-37-40-28-41(38-56)30-42(29-40)39-56,53-48(63-24-15-6)33-44(59-20-11-2)34-49(53)64-25-16-7)54-50(65-26-17-8)35-45(60-21-12-3)36-51(54)66-27-18-9/h31-36,40-42H,10-30,37-39H2,1-9H3. The van der Waals surface area contributed by atoms with Crippen LogP contribution in [-0.4, -0.2) is 65.4 Å². The molecule has 4 bridgehead atoms. The maximum atomic E-state index is 16.5. The zero-order valence-electron chi connectivity index (χ0n) is 43.1. The van der Waals surface area contributed by atoms with E-state index in [-0.39, 0.29) is 5.97 Å². The number of ether oxygens (including phenoxy) is 9. The van der Waals surface area contributed by atoms with Crippen LogP contribution in [0.15, 0.2) is 51.1 Å². The van der Waals surface area contributed by atoms with Gasteiger partial charge in [-0.25, -0.2) is 0 Å². The van der Waals surface area contributed by atoms with E-state index in [9.17, 15) is 0 Å². The van der Waals surface area contributed by atoms with Crippen LogP contribution in [0.25, 0.3) is 0 Å². The van der Waals surface area contributed by atoms with Crippen LogP contribution in [0.5, 0.6) is 51.7 Å². The average molecular weight is 965 g/mol. The first-order valence-electron chi connectivity index (χ1n) is 26.4. The lowest BCUT2D eigenvalue weighted by molar-refractivity contribution is -0.160. The first-order valence-corrected chi connectivity index (χ1v) is 28.0. The van der Waals surface area contributed by atoms with Crippen LogP contribution in [0.1, 0.15) is 159 Å². The molecule has 0 spiro atoms. The predicted octanol–water partition coefficient (Wildman–Crippen LogP) is 14.7. The van der Waals surface area contributed by atoms with Crippen molar-refractivity contribution in [2.45, 2.75) is 173 Å². The van der Waals surface area contributed by atoms with Crippen molar-refractivity contribution in [2.75, 3.05) is 59.5 Å². The maximum absolute atomic E-state index is 16.5. The van der Waals surface area contributed by atoms with E-state index in [1.54, 1.807) is 0 Å². The van der Waals surface area contributed by atoms with Crippen LogP contribution in [0.3, 0.4) is 0 Å². The van der Waals surface area contributed by atoms with Crippen LogP contribution in [0.2, 0.25) is 0 Å². The Morgan fingerprint density at radius 2 is 0.618 bits per heavy atom. The van der Waals surface area contributed by atoms with Crippen LogP contribution >= 0.6 is 10.3 Å². The molecule has 4 fully saturated rings. The Labute approximate surface area is 410 Å². The van der Waals surface area contributed by atoms with E-state index >= 15 is 4.79 Å². The van der Waals surface area contributed by atoms with Gasteiger partial charge in [0.25, 0.3) is 0 Å². The van der Waals surface area contributed by atoms with Crippen molar-refractivity contribution in [2.24, 2.45) is 23.2 Å². The van der Waals surface area contributed by atoms with Gasteiger partial charge < -0.3 is 46.8 Å². The molecule has 380 valence electrons. The minimum atomic E-state index is -3.57. The molecule has 0 amide bonds. The van der Waals surface area contributed by atoms with Crippen molar-refractivity contribution in [1.82, 2.24) is 0 Å². The highest BCUT2D eigenvalue weighted by molar-refractivity contribution is 8.30. The lowest BCUT2D eigenvalue weighted by Crippen LogP contribution is -2.50. The zero-order valence-corrected chi connectivity index (χ0v) is 43.9. The molecule has 7 rings (SSSR count). The Hall–Kier alpha value is -4.32. The summed E-state index contributed by atoms with van der Waals surface area (Å²) in [7, 11) is -3.57. The summed E-state index contributed by atoms with van der Waals surface area (Å²) in [6.07, 6.45) is 12.6. The first-order chi connectivity index (χ1) is 33.2. The van der Waals surface area contributed by atoms with E-state index in [0.717, 1.165) is 77.0 Å². The Morgan fingerprint density at radius 1 is 0.397 bits per heavy atom. The Kier molecular flexibility index (Phi) is 20.3. The van der Waals surface area contributed by atoms with Gasteiger partial charge in [-0.15, -0.1) is 0 Å². The van der Waals surface area contributed by atoms with Crippen LogP contribution < -0.4 is 42.6 Å². The fourth-order valence-electron chi connectivity index (χ4n) is 10.3. The highest BCUT2D eigenvalue weighted by atomic mass is 32.3. The fourth-order valence-corrected chi connectivity index (χ4v) is 14.0. The van der Waals surface area contributed by atoms with Crippen molar-refractivity contribution in [1.29, 1.82) is 0 Å². The smallest absolute Gasteiger partial charge is 0.323 e. The van der Waals surface area contributed by atoms with Crippen LogP contribution in [0, 0.1) is 23.2 Å². The molecule has 0 N–H and O–H groups in total. The zero-order chi connectivity index (χ0) is 48.5. The third kappa shape index (κ3) is 12.3. The number of benzene rings is 3. The summed E-state index contributed by atoms with van der Waals surface area (Å²) in [6.45, 7) is 22.5. The first kappa shape index (κ1) is 53.0. The van der Waals surface area contributed by atoms with Crippen molar-refractivity contribution in [3.05, 3.63) is 36.4 Å². The summed E-state index contributed by atoms with van der Waals surface area (Å²) >= 11 is 0. The number of rotatable bonds is 32. The molecule has 4 aliphatic carbocycles. The molecule has 0 aliphatic heterocycles. The van der Waals surface area contributed by atoms with E-state index in [2.05, 4.69) is 62.3 Å². The number of carbonyl (C=O) groups is 1. The van der Waals surface area contributed by atoms with Crippen molar-refractivity contribution < 1.29 is 51.6 Å². The fraction of sp³-hybridized carbons (Fsp3) is 0.661. The Morgan fingerprint density at radius 3 is 0.838 bits per heavy atom. The van der Waals surface area contributed by atoms with Gasteiger partial charge >= 0.3 is 5.97 Å². The molecule has 0 aromatic heterocycles. The monoisotopic (exact) mass is 965 g/mol. The van der Waals surface area contributed by atoms with Gasteiger partial charge in [0.15, 0.2) is 0 Å². The minimum Gasteiger partial charge on any atom is -0.493 e. The third-order valence-electron chi connectivity index (χ3n) is 12.7. The van der Waals surface area contributed by atoms with Gasteiger partial charge in [-0.05, 0) is 114 Å². The summed E-state index contributed by atoms with van der Waals surface area (Å²) in [4.78, 5) is 18.1. The van der Waals surface area contributed by atoms with E-state index < -0.39 is 15.7 Å². The number of hydrogen-bond donors (Lipinski definition) is 0. The van der Waals surface area contributed by atoms with E-state index in [1.807, 2.05) is 36.4 Å². The molecular formula is C56H84O11S. The molecular weight excluding hydrogens is 881 g/mol. The third-order valence-corrected chi connectivity index (χ3v) is 16.0. The molecule has 68 heavy (non-hydrogen) atoms. The number of hydrogen-bond acceptors (Lipinski definition) is 11. The Bertz CT molecular complexity index is 1750. The molecule has 11 nitrogen and oxygen atoms in total. The maximum Gasteiger partial charge on any atom is 0.323 e. The van der Waals surface area contributed by atoms with Crippen molar-refractivity contribution in [3.63, 3.8) is 0 Å². The lowest BCUT2D eigenvalue weighted by atomic mass is 9.49. The molecule has 3 aromatic carbocycles. The van der Waals surface area contributed by atoms with Gasteiger partial charge in [-0.3, -0.25) is 4.79 Å². The topological polar surface area (TPSA) is 109 Å². The summed E-state index contributed by atoms with van der Waals surface area (Å²) in [6, 6.07) is 11.6. The number of carbonyl (C=O) groups excluding carboxylic acids is 1. The second-order valence-corrected chi connectivity index (χ2v) is 21.5. The van der Waals surface area contributed by atoms with Crippen LogP contribution in [0.4, 0.5) is 0 Å². The lowest BCUT2D eigenvalue weighted by Gasteiger charge is -2.56. The summed E-state index contributed by atoms with van der Waals surface area (Å²) < 4.78 is 69.4. The summed E-state index contributed by atoms with van der Waals surface area (Å²) in [5.41, 5.74) is -0.690. The van der Waals surface area contributed by atoms with Crippen molar-refractivity contribution >= 4 is 16.3 Å². The Balaban J connectivity index is 1.90. The van der Waals surface area contributed by atoms with Crippen molar-refractivity contribution in [3.8, 4) is 51.7 Å². The quantitative estimate of drug-likeness (QED) is 0.0596.